The van der Waals surface area contributed by atoms with E-state index >= 15 is 0 Å². The molecule has 4 nitrogen and oxygen atoms in total. The lowest BCUT2D eigenvalue weighted by molar-refractivity contribution is -0.0841. The fourth-order valence-corrected chi connectivity index (χ4v) is 10.4. The highest BCUT2D eigenvalue weighted by atomic mass is 28.4. The Balaban J connectivity index is 1.28. The monoisotopic (exact) mass is 502 g/mol. The van der Waals surface area contributed by atoms with Crippen LogP contribution < -0.4 is 10.4 Å². The second kappa shape index (κ2) is 11.0. The van der Waals surface area contributed by atoms with Crippen molar-refractivity contribution >= 4 is 18.7 Å². The zero-order valence-corrected chi connectivity index (χ0v) is 22.6. The maximum Gasteiger partial charge on any atom is 0.261 e. The predicted octanol–water partition coefficient (Wildman–Crippen LogP) is 5.09. The zero-order valence-electron chi connectivity index (χ0n) is 21.6. The number of rotatable bonds is 9. The van der Waals surface area contributed by atoms with Gasteiger partial charge in [0.1, 0.15) is 6.10 Å². The van der Waals surface area contributed by atoms with Crippen molar-refractivity contribution in [3.63, 3.8) is 0 Å². The lowest BCUT2D eigenvalue weighted by Crippen LogP contribution is -2.67. The van der Waals surface area contributed by atoms with Crippen molar-refractivity contribution < 1.29 is 18.6 Å². The van der Waals surface area contributed by atoms with Gasteiger partial charge in [-0.3, -0.25) is 0 Å². The van der Waals surface area contributed by atoms with Crippen molar-refractivity contribution in [3.8, 4) is 0 Å². The third-order valence-electron chi connectivity index (χ3n) is 7.47. The molecule has 5 heteroatoms. The van der Waals surface area contributed by atoms with Crippen molar-refractivity contribution in [3.05, 3.63) is 96.6 Å². The second-order valence-corrected chi connectivity index (χ2v) is 15.3. The van der Waals surface area contributed by atoms with Gasteiger partial charge in [0, 0.05) is 12.8 Å². The Bertz CT molecular complexity index is 1040. The van der Waals surface area contributed by atoms with Gasteiger partial charge in [-0.05, 0) is 21.0 Å². The van der Waals surface area contributed by atoms with Crippen molar-refractivity contribution in [1.29, 1.82) is 0 Å². The highest BCUT2D eigenvalue weighted by molar-refractivity contribution is 6.99. The van der Waals surface area contributed by atoms with Gasteiger partial charge in [-0.1, -0.05) is 112 Å². The van der Waals surface area contributed by atoms with Crippen molar-refractivity contribution in [2.24, 2.45) is 0 Å². The molecule has 2 bridgehead atoms. The van der Waals surface area contributed by atoms with Gasteiger partial charge in [-0.2, -0.15) is 0 Å². The van der Waals surface area contributed by atoms with Crippen LogP contribution in [0.2, 0.25) is 5.04 Å². The van der Waals surface area contributed by atoms with Crippen LogP contribution in [0.5, 0.6) is 0 Å². The normalized spacial score (nSPS) is 24.1. The van der Waals surface area contributed by atoms with Gasteiger partial charge in [0.25, 0.3) is 8.32 Å². The van der Waals surface area contributed by atoms with Gasteiger partial charge >= 0.3 is 0 Å². The smallest absolute Gasteiger partial charge is 0.261 e. The summed E-state index contributed by atoms with van der Waals surface area (Å²) < 4.78 is 26.1. The molecule has 0 unspecified atom stereocenters. The minimum atomic E-state index is -2.60. The highest BCUT2D eigenvalue weighted by Crippen LogP contribution is 2.39. The zero-order chi connectivity index (χ0) is 25.0. The van der Waals surface area contributed by atoms with Gasteiger partial charge in [0.2, 0.25) is 0 Å². The number of hydrogen-bond donors (Lipinski definition) is 0. The van der Waals surface area contributed by atoms with E-state index in [1.54, 1.807) is 0 Å². The maximum absolute atomic E-state index is 7.14. The summed E-state index contributed by atoms with van der Waals surface area (Å²) in [5.74, 6) is 0. The van der Waals surface area contributed by atoms with E-state index in [0.717, 1.165) is 12.8 Å². The fraction of sp³-hybridized carbons (Fsp3) is 0.419. The molecule has 2 aliphatic rings. The quantitative estimate of drug-likeness (QED) is 0.382. The Hall–Kier alpha value is -2.28. The van der Waals surface area contributed by atoms with Crippen LogP contribution in [0.25, 0.3) is 0 Å². The van der Waals surface area contributed by atoms with Gasteiger partial charge < -0.3 is 18.6 Å². The molecule has 0 aliphatic carbocycles. The molecule has 0 amide bonds. The molecule has 4 atom stereocenters. The van der Waals surface area contributed by atoms with Crippen LogP contribution in [-0.4, -0.2) is 45.9 Å². The molecule has 2 fully saturated rings. The number of hydrogen-bond acceptors (Lipinski definition) is 4. The Morgan fingerprint density at radius 3 is 1.92 bits per heavy atom. The van der Waals surface area contributed by atoms with Gasteiger partial charge in [0.05, 0.1) is 38.1 Å². The molecule has 5 rings (SSSR count). The minimum absolute atomic E-state index is 0.0484. The van der Waals surface area contributed by atoms with Crippen molar-refractivity contribution in [2.75, 3.05) is 13.2 Å². The van der Waals surface area contributed by atoms with Gasteiger partial charge in [-0.25, -0.2) is 0 Å². The Morgan fingerprint density at radius 1 is 0.750 bits per heavy atom. The molecule has 0 aromatic heterocycles. The molecular weight excluding hydrogens is 464 g/mol. The summed E-state index contributed by atoms with van der Waals surface area (Å²) in [5.41, 5.74) is 1.18. The minimum Gasteiger partial charge on any atom is -0.405 e. The molecule has 0 N–H and O–H groups in total. The Morgan fingerprint density at radius 2 is 1.33 bits per heavy atom. The summed E-state index contributed by atoms with van der Waals surface area (Å²) in [6.07, 6.45) is 2.07. The summed E-state index contributed by atoms with van der Waals surface area (Å²) in [6, 6.07) is 31.9. The predicted molar refractivity (Wildman–Crippen MR) is 146 cm³/mol. The molecule has 0 spiro atoms. The lowest BCUT2D eigenvalue weighted by atomic mass is 10.0. The first-order chi connectivity index (χ1) is 17.5. The number of benzene rings is 3. The van der Waals surface area contributed by atoms with Crippen molar-refractivity contribution in [2.45, 2.75) is 69.7 Å². The molecule has 190 valence electrons. The molecule has 2 heterocycles. The molecule has 3 aromatic carbocycles. The average Bonchev–Trinajstić information content (AvgIpc) is 3.18. The van der Waals surface area contributed by atoms with Crippen LogP contribution in [0.15, 0.2) is 91.0 Å². The summed E-state index contributed by atoms with van der Waals surface area (Å²) in [7, 11) is -2.60. The van der Waals surface area contributed by atoms with Gasteiger partial charge in [0.15, 0.2) is 0 Å². The first-order valence-electron chi connectivity index (χ1n) is 13.1. The molecule has 0 radical (unpaired) electrons. The summed E-state index contributed by atoms with van der Waals surface area (Å²) in [6.45, 7) is 8.66. The maximum atomic E-state index is 7.14. The standard InChI is InChI=1S/C31H38O4Si/c1-31(2,3)36(27-15-9-5-10-16-27,28-17-11-6-12-18-28)33-23-30-29-20-25(34-30)19-26(35-29)22-32-21-24-13-7-4-8-14-24/h4-18,25-26,29-30H,19-23H2,1-3H3/t25-,26+,29+,30+/m0/s1. The fourth-order valence-electron chi connectivity index (χ4n) is 5.80. The summed E-state index contributed by atoms with van der Waals surface area (Å²) in [4.78, 5) is 0. The van der Waals surface area contributed by atoms with E-state index in [1.807, 2.05) is 18.2 Å². The third kappa shape index (κ3) is 5.36. The molecule has 2 aliphatic heterocycles. The second-order valence-electron chi connectivity index (χ2n) is 11.0. The van der Waals surface area contributed by atoms with Crippen LogP contribution in [0.1, 0.15) is 39.2 Å². The third-order valence-corrected chi connectivity index (χ3v) is 12.5. The van der Waals surface area contributed by atoms with Crippen LogP contribution in [0.4, 0.5) is 0 Å². The molecule has 0 saturated carbocycles. The Labute approximate surface area is 216 Å². The van der Waals surface area contributed by atoms with E-state index in [4.69, 9.17) is 18.6 Å². The van der Waals surface area contributed by atoms with E-state index < -0.39 is 8.32 Å². The first kappa shape index (κ1) is 25.4. The van der Waals surface area contributed by atoms with E-state index in [0.29, 0.717) is 19.8 Å². The Kier molecular flexibility index (Phi) is 7.75. The number of fused-ring (bicyclic) bond motifs is 2. The van der Waals surface area contributed by atoms with Crippen LogP contribution >= 0.6 is 0 Å². The average molecular weight is 503 g/mol. The van der Waals surface area contributed by atoms with Crippen LogP contribution in [0, 0.1) is 0 Å². The van der Waals surface area contributed by atoms with Crippen LogP contribution in [0.3, 0.4) is 0 Å². The largest absolute Gasteiger partial charge is 0.405 e. The molecule has 3 aromatic rings. The van der Waals surface area contributed by atoms with Crippen molar-refractivity contribution in [1.82, 2.24) is 0 Å². The number of ether oxygens (including phenoxy) is 3. The topological polar surface area (TPSA) is 36.9 Å². The van der Waals surface area contributed by atoms with E-state index in [1.165, 1.54) is 15.9 Å². The SMILES string of the molecule is CC(C)(C)[Si](OC[C@H]1O[C@H]2C[C@H](COCc3ccccc3)O[C@@H]1C2)(c1ccccc1)c1ccccc1. The first-order valence-corrected chi connectivity index (χ1v) is 15.0. The summed E-state index contributed by atoms with van der Waals surface area (Å²) in [5, 5.41) is 2.52. The molecule has 2 saturated heterocycles. The van der Waals surface area contributed by atoms with E-state index in [-0.39, 0.29) is 29.5 Å². The molecular formula is C31H38O4Si. The highest BCUT2D eigenvalue weighted by Gasteiger charge is 2.52. The van der Waals surface area contributed by atoms with Crippen LogP contribution in [-0.2, 0) is 25.2 Å². The van der Waals surface area contributed by atoms with E-state index in [2.05, 4.69) is 93.6 Å². The molecule has 36 heavy (non-hydrogen) atoms. The van der Waals surface area contributed by atoms with Gasteiger partial charge in [-0.15, -0.1) is 0 Å². The lowest BCUT2D eigenvalue weighted by Gasteiger charge is -2.43. The summed E-state index contributed by atoms with van der Waals surface area (Å²) >= 11 is 0. The van der Waals surface area contributed by atoms with E-state index in [9.17, 15) is 0 Å².